The third-order valence-electron chi connectivity index (χ3n) is 3.72. The van der Waals surface area contributed by atoms with Crippen molar-refractivity contribution in [1.82, 2.24) is 10.2 Å². The van der Waals surface area contributed by atoms with Gasteiger partial charge in [-0.1, -0.05) is 29.5 Å². The first kappa shape index (κ1) is 20.0. The predicted molar refractivity (Wildman–Crippen MR) is 110 cm³/mol. The van der Waals surface area contributed by atoms with Gasteiger partial charge in [0.05, 0.1) is 27.1 Å². The monoisotopic (exact) mass is 417 g/mol. The van der Waals surface area contributed by atoms with Crippen molar-refractivity contribution in [2.45, 2.75) is 10.6 Å². The molecular formula is C19H19N3O4S2. The maximum Gasteiger partial charge on any atom is 0.257 e. The maximum absolute atomic E-state index is 12.6. The van der Waals surface area contributed by atoms with Crippen LogP contribution in [0.5, 0.6) is 17.2 Å². The summed E-state index contributed by atoms with van der Waals surface area (Å²) >= 11 is 3.00. The highest BCUT2D eigenvalue weighted by molar-refractivity contribution is 7.98. The van der Waals surface area contributed by atoms with Crippen LogP contribution in [0.15, 0.2) is 47.4 Å². The first-order valence-corrected chi connectivity index (χ1v) is 10.1. The second-order valence-corrected chi connectivity index (χ2v) is 7.58. The fourth-order valence-corrected chi connectivity index (χ4v) is 4.05. The van der Waals surface area contributed by atoms with Crippen molar-refractivity contribution in [1.29, 1.82) is 0 Å². The fourth-order valence-electron chi connectivity index (χ4n) is 2.41. The number of aromatic nitrogens is 2. The van der Waals surface area contributed by atoms with Crippen LogP contribution < -0.4 is 19.5 Å². The molecule has 1 N–H and O–H groups in total. The number of nitrogens with one attached hydrogen (secondary N) is 1. The molecule has 0 radical (unpaired) electrons. The first-order valence-electron chi connectivity index (χ1n) is 8.26. The van der Waals surface area contributed by atoms with Gasteiger partial charge in [-0.2, -0.15) is 0 Å². The second kappa shape index (κ2) is 9.43. The van der Waals surface area contributed by atoms with E-state index in [2.05, 4.69) is 15.5 Å². The van der Waals surface area contributed by atoms with E-state index in [0.29, 0.717) is 33.7 Å². The van der Waals surface area contributed by atoms with E-state index >= 15 is 0 Å². The molecule has 1 aromatic heterocycles. The third kappa shape index (κ3) is 4.73. The van der Waals surface area contributed by atoms with Crippen molar-refractivity contribution >= 4 is 34.1 Å². The van der Waals surface area contributed by atoms with Gasteiger partial charge in [-0.25, -0.2) is 0 Å². The molecule has 1 heterocycles. The van der Waals surface area contributed by atoms with Gasteiger partial charge in [0.25, 0.3) is 5.91 Å². The number of carbonyl (C=O) groups excluding carboxylic acids is 1. The van der Waals surface area contributed by atoms with Crippen molar-refractivity contribution in [2.75, 3.05) is 26.6 Å². The number of carbonyl (C=O) groups is 1. The van der Waals surface area contributed by atoms with Crippen molar-refractivity contribution in [2.24, 2.45) is 0 Å². The van der Waals surface area contributed by atoms with Crippen molar-refractivity contribution in [3.63, 3.8) is 0 Å². The van der Waals surface area contributed by atoms with Gasteiger partial charge in [-0.05, 0) is 24.3 Å². The predicted octanol–water partition coefficient (Wildman–Crippen LogP) is 4.11. The molecule has 1 amide bonds. The lowest BCUT2D eigenvalue weighted by molar-refractivity contribution is 0.102. The van der Waals surface area contributed by atoms with Crippen LogP contribution in [0.3, 0.4) is 0 Å². The molecule has 7 nitrogen and oxygen atoms in total. The highest BCUT2D eigenvalue weighted by Crippen LogP contribution is 2.38. The molecule has 9 heteroatoms. The van der Waals surface area contributed by atoms with E-state index < -0.39 is 0 Å². The molecule has 0 fully saturated rings. The summed E-state index contributed by atoms with van der Waals surface area (Å²) in [5.74, 6) is 1.59. The smallest absolute Gasteiger partial charge is 0.257 e. The zero-order valence-electron chi connectivity index (χ0n) is 15.6. The molecule has 146 valence electrons. The summed E-state index contributed by atoms with van der Waals surface area (Å²) in [6.45, 7) is 0. The number of benzene rings is 2. The first-order chi connectivity index (χ1) is 13.6. The Labute approximate surface area is 171 Å². The average molecular weight is 418 g/mol. The zero-order valence-corrected chi connectivity index (χ0v) is 17.2. The Morgan fingerprint density at radius 1 is 1.04 bits per heavy atom. The van der Waals surface area contributed by atoms with Gasteiger partial charge in [-0.3, -0.25) is 10.1 Å². The molecule has 3 rings (SSSR count). The van der Waals surface area contributed by atoms with Gasteiger partial charge in [0.1, 0.15) is 5.01 Å². The number of ether oxygens (including phenoxy) is 3. The Hall–Kier alpha value is -2.78. The van der Waals surface area contributed by atoms with Crippen LogP contribution in [-0.2, 0) is 5.75 Å². The van der Waals surface area contributed by atoms with Gasteiger partial charge in [0.15, 0.2) is 11.5 Å². The van der Waals surface area contributed by atoms with E-state index in [0.717, 1.165) is 9.90 Å². The van der Waals surface area contributed by atoms with Crippen molar-refractivity contribution in [3.05, 3.63) is 53.0 Å². The minimum Gasteiger partial charge on any atom is -0.493 e. The number of amides is 1. The Morgan fingerprint density at radius 2 is 1.71 bits per heavy atom. The number of rotatable bonds is 8. The molecule has 0 unspecified atom stereocenters. The van der Waals surface area contributed by atoms with Gasteiger partial charge in [0.2, 0.25) is 10.9 Å². The molecular weight excluding hydrogens is 398 g/mol. The van der Waals surface area contributed by atoms with E-state index in [9.17, 15) is 4.79 Å². The largest absolute Gasteiger partial charge is 0.493 e. The van der Waals surface area contributed by atoms with Crippen LogP contribution in [0.1, 0.15) is 15.4 Å². The molecule has 28 heavy (non-hydrogen) atoms. The van der Waals surface area contributed by atoms with Crippen LogP contribution in [0.2, 0.25) is 0 Å². The number of methoxy groups -OCH3 is 3. The van der Waals surface area contributed by atoms with Crippen LogP contribution in [-0.4, -0.2) is 37.4 Å². The highest BCUT2D eigenvalue weighted by atomic mass is 32.2. The minimum atomic E-state index is -0.335. The third-order valence-corrected chi connectivity index (χ3v) is 5.76. The number of nitrogens with zero attached hydrogens (tertiary/aromatic N) is 2. The van der Waals surface area contributed by atoms with E-state index in [1.807, 2.05) is 30.3 Å². The van der Waals surface area contributed by atoms with Crippen LogP contribution in [0.4, 0.5) is 5.13 Å². The number of hydrogen-bond donors (Lipinski definition) is 1. The van der Waals surface area contributed by atoms with Gasteiger partial charge < -0.3 is 14.2 Å². The molecule has 0 spiro atoms. The van der Waals surface area contributed by atoms with Gasteiger partial charge >= 0.3 is 0 Å². The molecule has 3 aromatic rings. The summed E-state index contributed by atoms with van der Waals surface area (Å²) in [5, 5.41) is 12.2. The summed E-state index contributed by atoms with van der Waals surface area (Å²) in [6.07, 6.45) is 0. The van der Waals surface area contributed by atoms with E-state index in [-0.39, 0.29) is 5.91 Å². The second-order valence-electron chi connectivity index (χ2n) is 5.47. The lowest BCUT2D eigenvalue weighted by atomic mass is 10.1. The molecule has 0 saturated heterocycles. The molecule has 0 aliphatic heterocycles. The molecule has 0 atom stereocenters. The zero-order chi connectivity index (χ0) is 19.9. The van der Waals surface area contributed by atoms with Crippen LogP contribution in [0.25, 0.3) is 0 Å². The van der Waals surface area contributed by atoms with E-state index in [4.69, 9.17) is 14.2 Å². The number of anilines is 1. The standard InChI is InChI=1S/C19H19N3O4S2/c1-24-14-9-12(10-15(25-2)17(14)26-3)18(23)20-19-22-21-16(28-19)11-27-13-7-5-4-6-8-13/h4-10H,11H2,1-3H3,(H,20,22,23). The summed E-state index contributed by atoms with van der Waals surface area (Å²) in [4.78, 5) is 13.8. The van der Waals surface area contributed by atoms with E-state index in [1.54, 1.807) is 23.9 Å². The van der Waals surface area contributed by atoms with Gasteiger partial charge in [0, 0.05) is 10.5 Å². The van der Waals surface area contributed by atoms with Crippen molar-refractivity contribution < 1.29 is 19.0 Å². The lowest BCUT2D eigenvalue weighted by Crippen LogP contribution is -2.12. The lowest BCUT2D eigenvalue weighted by Gasteiger charge is -2.13. The van der Waals surface area contributed by atoms with Crippen LogP contribution >= 0.6 is 23.1 Å². The summed E-state index contributed by atoms with van der Waals surface area (Å²) in [6, 6.07) is 13.2. The van der Waals surface area contributed by atoms with Crippen molar-refractivity contribution in [3.8, 4) is 17.2 Å². The SMILES string of the molecule is COc1cc(C(=O)Nc2nnc(CSc3ccccc3)s2)cc(OC)c1OC. The molecule has 0 saturated carbocycles. The number of hydrogen-bond acceptors (Lipinski definition) is 8. The Morgan fingerprint density at radius 3 is 2.32 bits per heavy atom. The average Bonchev–Trinajstić information content (AvgIpc) is 3.19. The minimum absolute atomic E-state index is 0.335. The summed E-state index contributed by atoms with van der Waals surface area (Å²) in [7, 11) is 4.51. The molecule has 2 aromatic carbocycles. The molecule has 0 aliphatic carbocycles. The Kier molecular flexibility index (Phi) is 6.72. The van der Waals surface area contributed by atoms with Gasteiger partial charge in [-0.15, -0.1) is 22.0 Å². The Balaban J connectivity index is 1.69. The highest BCUT2D eigenvalue weighted by Gasteiger charge is 2.18. The Bertz CT molecular complexity index is 922. The molecule has 0 aliphatic rings. The topological polar surface area (TPSA) is 82.6 Å². The summed E-state index contributed by atoms with van der Waals surface area (Å²) < 4.78 is 15.8. The fraction of sp³-hybridized carbons (Fsp3) is 0.211. The summed E-state index contributed by atoms with van der Waals surface area (Å²) in [5.41, 5.74) is 0.366. The normalized spacial score (nSPS) is 10.4. The maximum atomic E-state index is 12.6. The quantitative estimate of drug-likeness (QED) is 0.552. The number of thioether (sulfide) groups is 1. The molecule has 0 bridgehead atoms. The van der Waals surface area contributed by atoms with Crippen LogP contribution in [0, 0.1) is 0 Å². The van der Waals surface area contributed by atoms with E-state index in [1.165, 1.54) is 32.7 Å².